The minimum Gasteiger partial charge on any atom is -0.378 e. The molecule has 2 aliphatic heterocycles. The molecule has 2 aliphatic rings. The highest BCUT2D eigenvalue weighted by molar-refractivity contribution is 6.22. The summed E-state index contributed by atoms with van der Waals surface area (Å²) in [5.41, 5.74) is 0.273. The minimum absolute atomic E-state index is 0.0950. The quantitative estimate of drug-likeness (QED) is 0.822. The number of benzene rings is 1. The molecule has 0 aliphatic carbocycles. The molecule has 0 saturated carbocycles. The molecule has 8 heteroatoms. The van der Waals surface area contributed by atoms with Crippen LogP contribution < -0.4 is 10.2 Å². The third-order valence-electron chi connectivity index (χ3n) is 3.85. The van der Waals surface area contributed by atoms with Crippen LogP contribution in [0.4, 0.5) is 14.9 Å². The predicted molar refractivity (Wildman–Crippen MR) is 78.2 cm³/mol. The average molecular weight is 321 g/mol. The van der Waals surface area contributed by atoms with Gasteiger partial charge in [-0.25, -0.2) is 14.1 Å². The molecule has 4 amide bonds. The lowest BCUT2D eigenvalue weighted by Crippen LogP contribution is -2.44. The summed E-state index contributed by atoms with van der Waals surface area (Å²) in [5.74, 6) is -1.17. The van der Waals surface area contributed by atoms with Gasteiger partial charge in [-0.2, -0.15) is 0 Å². The topological polar surface area (TPSA) is 79.0 Å². The summed E-state index contributed by atoms with van der Waals surface area (Å²) in [4.78, 5) is 39.1. The summed E-state index contributed by atoms with van der Waals surface area (Å²) in [6, 6.07) is 3.52. The molecule has 0 bridgehead atoms. The molecule has 7 nitrogen and oxygen atoms in total. The number of rotatable bonds is 3. The van der Waals surface area contributed by atoms with E-state index < -0.39 is 23.8 Å². The van der Waals surface area contributed by atoms with Crippen molar-refractivity contribution >= 4 is 23.5 Å². The van der Waals surface area contributed by atoms with E-state index in [1.165, 1.54) is 24.3 Å². The molecule has 1 aromatic rings. The van der Waals surface area contributed by atoms with E-state index in [2.05, 4.69) is 5.32 Å². The zero-order valence-electron chi connectivity index (χ0n) is 12.3. The number of morpholine rings is 1. The van der Waals surface area contributed by atoms with Crippen molar-refractivity contribution < 1.29 is 23.5 Å². The highest BCUT2D eigenvalue weighted by Crippen LogP contribution is 2.21. The summed E-state index contributed by atoms with van der Waals surface area (Å²) >= 11 is 0. The predicted octanol–water partition coefficient (Wildman–Crippen LogP) is 0.499. The summed E-state index contributed by atoms with van der Waals surface area (Å²) in [5, 5.41) is 2.50. The fourth-order valence-corrected chi connectivity index (χ4v) is 2.62. The number of amides is 4. The summed E-state index contributed by atoms with van der Waals surface area (Å²) in [6.07, 6.45) is -0.0950. The van der Waals surface area contributed by atoms with Crippen molar-refractivity contribution in [3.63, 3.8) is 0 Å². The lowest BCUT2D eigenvalue weighted by Gasteiger charge is -2.27. The number of nitrogens with one attached hydrogen (secondary N) is 1. The number of carbonyl (C=O) groups is 3. The van der Waals surface area contributed by atoms with Crippen LogP contribution in [-0.4, -0.2) is 55.1 Å². The maximum absolute atomic E-state index is 13.0. The molecule has 1 atom stereocenters. The fraction of sp³-hybridized carbons (Fsp3) is 0.400. The van der Waals surface area contributed by atoms with E-state index in [4.69, 9.17) is 4.74 Å². The minimum atomic E-state index is -0.900. The van der Waals surface area contributed by atoms with Gasteiger partial charge in [0.2, 0.25) is 5.91 Å². The van der Waals surface area contributed by atoms with Crippen molar-refractivity contribution in [3.05, 3.63) is 30.1 Å². The number of hydrogen-bond donors (Lipinski definition) is 1. The van der Waals surface area contributed by atoms with Gasteiger partial charge < -0.3 is 15.0 Å². The Labute approximate surface area is 132 Å². The van der Waals surface area contributed by atoms with E-state index in [1.807, 2.05) is 0 Å². The van der Waals surface area contributed by atoms with Crippen LogP contribution >= 0.6 is 0 Å². The summed E-state index contributed by atoms with van der Waals surface area (Å²) in [7, 11) is 0. The molecule has 0 spiro atoms. The van der Waals surface area contributed by atoms with E-state index in [-0.39, 0.29) is 18.0 Å². The molecule has 1 unspecified atom stereocenters. The largest absolute Gasteiger partial charge is 0.378 e. The second-order valence-corrected chi connectivity index (χ2v) is 5.35. The Morgan fingerprint density at radius 1 is 1.22 bits per heavy atom. The molecule has 122 valence electrons. The van der Waals surface area contributed by atoms with Crippen LogP contribution in [0.1, 0.15) is 6.42 Å². The van der Waals surface area contributed by atoms with Crippen molar-refractivity contribution in [2.75, 3.05) is 31.2 Å². The van der Waals surface area contributed by atoms with Gasteiger partial charge in [-0.1, -0.05) is 0 Å². The molecule has 1 aromatic carbocycles. The number of nitrogens with zero attached hydrogens (tertiary/aromatic N) is 2. The lowest BCUT2D eigenvalue weighted by molar-refractivity contribution is -0.137. The first-order chi connectivity index (χ1) is 11.1. The van der Waals surface area contributed by atoms with Crippen LogP contribution in [0, 0.1) is 5.82 Å². The van der Waals surface area contributed by atoms with Crippen LogP contribution in [-0.2, 0) is 14.3 Å². The first-order valence-electron chi connectivity index (χ1n) is 7.32. The molecular formula is C15H16FN3O4. The average Bonchev–Trinajstić information content (AvgIpc) is 2.83. The van der Waals surface area contributed by atoms with Crippen molar-refractivity contribution in [2.45, 2.75) is 12.5 Å². The van der Waals surface area contributed by atoms with Crippen molar-refractivity contribution in [2.24, 2.45) is 0 Å². The van der Waals surface area contributed by atoms with Crippen molar-refractivity contribution in [1.29, 1.82) is 0 Å². The van der Waals surface area contributed by atoms with Gasteiger partial charge in [0.05, 0.1) is 25.3 Å². The normalized spacial score (nSPS) is 21.5. The zero-order chi connectivity index (χ0) is 16.4. The summed E-state index contributed by atoms with van der Waals surface area (Å²) in [6.45, 7) is 1.90. The van der Waals surface area contributed by atoms with Crippen LogP contribution in [0.2, 0.25) is 0 Å². The second-order valence-electron chi connectivity index (χ2n) is 5.35. The first-order valence-corrected chi connectivity index (χ1v) is 7.32. The molecule has 0 aromatic heterocycles. The maximum Gasteiger partial charge on any atom is 0.329 e. The fourth-order valence-electron chi connectivity index (χ4n) is 2.62. The number of carbonyl (C=O) groups excluding carboxylic acids is 3. The van der Waals surface area contributed by atoms with Crippen molar-refractivity contribution in [3.8, 4) is 0 Å². The highest BCUT2D eigenvalue weighted by Gasteiger charge is 2.40. The van der Waals surface area contributed by atoms with E-state index in [1.54, 1.807) is 4.90 Å². The van der Waals surface area contributed by atoms with Crippen molar-refractivity contribution in [1.82, 2.24) is 10.2 Å². The Morgan fingerprint density at radius 2 is 1.87 bits per heavy atom. The molecule has 2 fully saturated rings. The maximum atomic E-state index is 13.0. The Bertz CT molecular complexity index is 628. The zero-order valence-corrected chi connectivity index (χ0v) is 12.3. The third kappa shape index (κ3) is 3.16. The Balaban J connectivity index is 1.68. The van der Waals surface area contributed by atoms with Gasteiger partial charge >= 0.3 is 6.03 Å². The van der Waals surface area contributed by atoms with E-state index >= 15 is 0 Å². The van der Waals surface area contributed by atoms with Gasteiger partial charge in [-0.3, -0.25) is 9.59 Å². The van der Waals surface area contributed by atoms with Gasteiger partial charge in [0.1, 0.15) is 11.9 Å². The van der Waals surface area contributed by atoms with E-state index in [9.17, 15) is 18.8 Å². The number of urea groups is 1. The van der Waals surface area contributed by atoms with Gasteiger partial charge in [0.15, 0.2) is 0 Å². The smallest absolute Gasteiger partial charge is 0.329 e. The van der Waals surface area contributed by atoms with Crippen LogP contribution in [0.5, 0.6) is 0 Å². The SMILES string of the molecule is O=C(CC1NC(=O)N(c2ccc(F)cc2)C1=O)N1CCOCC1. The number of imide groups is 1. The molecule has 1 N–H and O–H groups in total. The Kier molecular flexibility index (Phi) is 4.24. The second kappa shape index (κ2) is 6.33. The van der Waals surface area contributed by atoms with Gasteiger partial charge in [-0.05, 0) is 24.3 Å². The molecule has 0 radical (unpaired) electrons. The molecule has 23 heavy (non-hydrogen) atoms. The molecule has 2 heterocycles. The van der Waals surface area contributed by atoms with E-state index in [0.717, 1.165) is 4.90 Å². The van der Waals surface area contributed by atoms with Crippen LogP contribution in [0.15, 0.2) is 24.3 Å². The number of ether oxygens (including phenoxy) is 1. The van der Waals surface area contributed by atoms with Gasteiger partial charge in [0, 0.05) is 13.1 Å². The Morgan fingerprint density at radius 3 is 2.52 bits per heavy atom. The van der Waals surface area contributed by atoms with Crippen LogP contribution in [0.25, 0.3) is 0 Å². The van der Waals surface area contributed by atoms with Gasteiger partial charge in [-0.15, -0.1) is 0 Å². The first kappa shape index (κ1) is 15.4. The van der Waals surface area contributed by atoms with Crippen LogP contribution in [0.3, 0.4) is 0 Å². The number of anilines is 1. The van der Waals surface area contributed by atoms with Gasteiger partial charge in [0.25, 0.3) is 5.91 Å². The number of halogens is 1. The third-order valence-corrected chi connectivity index (χ3v) is 3.85. The molecule has 2 saturated heterocycles. The number of hydrogen-bond acceptors (Lipinski definition) is 4. The monoisotopic (exact) mass is 321 g/mol. The standard InChI is InChI=1S/C15H16FN3O4/c16-10-1-3-11(4-2-10)19-14(21)12(17-15(19)22)9-13(20)18-5-7-23-8-6-18/h1-4,12H,5-9H2,(H,17,22). The summed E-state index contributed by atoms with van der Waals surface area (Å²) < 4.78 is 18.1. The lowest BCUT2D eigenvalue weighted by atomic mass is 10.1. The highest BCUT2D eigenvalue weighted by atomic mass is 19.1. The Hall–Kier alpha value is -2.48. The molecular weight excluding hydrogens is 305 g/mol. The molecule has 3 rings (SSSR count). The van der Waals surface area contributed by atoms with E-state index in [0.29, 0.717) is 26.3 Å².